The van der Waals surface area contributed by atoms with E-state index in [9.17, 15) is 14.7 Å². The van der Waals surface area contributed by atoms with Crippen molar-refractivity contribution < 1.29 is 19.4 Å². The number of carbonyl (C=O) groups is 2. The van der Waals surface area contributed by atoms with Crippen LogP contribution in [0.1, 0.15) is 24.1 Å². The summed E-state index contributed by atoms with van der Waals surface area (Å²) in [6.45, 7) is 2.40. The number of aliphatic hydroxyl groups excluding tert-OH is 1. The summed E-state index contributed by atoms with van der Waals surface area (Å²) in [4.78, 5) is 31.5. The summed E-state index contributed by atoms with van der Waals surface area (Å²) in [5.74, 6) is -1.05. The van der Waals surface area contributed by atoms with Crippen molar-refractivity contribution in [3.8, 4) is 5.75 Å². The summed E-state index contributed by atoms with van der Waals surface area (Å²) in [5, 5.41) is 13.2. The lowest BCUT2D eigenvalue weighted by Gasteiger charge is -2.23. The molecule has 1 atom stereocenters. The number of ketones is 1. The van der Waals surface area contributed by atoms with E-state index in [0.29, 0.717) is 28.6 Å². The van der Waals surface area contributed by atoms with Crippen LogP contribution in [-0.2, 0) is 9.59 Å². The van der Waals surface area contributed by atoms with E-state index in [1.165, 1.54) is 16.2 Å². The molecule has 30 heavy (non-hydrogen) atoms. The van der Waals surface area contributed by atoms with Gasteiger partial charge in [0.2, 0.25) is 0 Å². The minimum atomic E-state index is -0.791. The zero-order valence-corrected chi connectivity index (χ0v) is 18.3. The lowest BCUT2D eigenvalue weighted by atomic mass is 9.95. The zero-order chi connectivity index (χ0) is 21.3. The molecule has 1 saturated heterocycles. The Balaban J connectivity index is 1.88. The van der Waals surface area contributed by atoms with Crippen LogP contribution in [0.3, 0.4) is 0 Å². The molecule has 1 unspecified atom stereocenters. The van der Waals surface area contributed by atoms with Crippen LogP contribution in [-0.4, -0.2) is 28.4 Å². The first-order valence-electron chi connectivity index (χ1n) is 9.20. The summed E-state index contributed by atoms with van der Waals surface area (Å²) in [5.41, 5.74) is 1.14. The molecule has 1 aromatic heterocycles. The van der Waals surface area contributed by atoms with Crippen molar-refractivity contribution in [3.05, 3.63) is 81.3 Å². The zero-order valence-electron chi connectivity index (χ0n) is 15.9. The number of aromatic nitrogens is 1. The standard InChI is InChI=1S/C22H17BrN2O4S/c1-2-29-16-8-6-13(7-9-16)19(26)17-18(14-4-3-5-15(23)12-14)25(21(28)20(17)27)22-24-10-11-30-22/h3-12,18,26H,2H2,1H3. The molecule has 2 aromatic carbocycles. The second-order valence-corrected chi connectivity index (χ2v) is 8.28. The van der Waals surface area contributed by atoms with Gasteiger partial charge >= 0.3 is 5.91 Å². The fraction of sp³-hybridized carbons (Fsp3) is 0.136. The Labute approximate surface area is 185 Å². The van der Waals surface area contributed by atoms with E-state index in [-0.39, 0.29) is 11.3 Å². The Morgan fingerprint density at radius 3 is 2.63 bits per heavy atom. The van der Waals surface area contributed by atoms with Gasteiger partial charge in [0.15, 0.2) is 5.13 Å². The Bertz CT molecular complexity index is 1130. The minimum Gasteiger partial charge on any atom is -0.507 e. The van der Waals surface area contributed by atoms with Crippen LogP contribution in [0.5, 0.6) is 5.75 Å². The number of thiazole rings is 1. The van der Waals surface area contributed by atoms with Crippen LogP contribution in [0.4, 0.5) is 5.13 Å². The molecule has 1 amide bonds. The van der Waals surface area contributed by atoms with Gasteiger partial charge in [0, 0.05) is 21.6 Å². The topological polar surface area (TPSA) is 79.7 Å². The van der Waals surface area contributed by atoms with Gasteiger partial charge in [-0.2, -0.15) is 0 Å². The average Bonchev–Trinajstić information content (AvgIpc) is 3.35. The molecule has 1 N–H and O–H groups in total. The summed E-state index contributed by atoms with van der Waals surface area (Å²) in [7, 11) is 0. The molecular weight excluding hydrogens is 468 g/mol. The van der Waals surface area contributed by atoms with Gasteiger partial charge < -0.3 is 9.84 Å². The molecule has 1 aliphatic heterocycles. The number of halogens is 1. The van der Waals surface area contributed by atoms with Gasteiger partial charge in [-0.15, -0.1) is 11.3 Å². The van der Waals surface area contributed by atoms with Crippen LogP contribution in [0.15, 0.2) is 70.2 Å². The molecule has 2 heterocycles. The highest BCUT2D eigenvalue weighted by atomic mass is 79.9. The number of ether oxygens (including phenoxy) is 1. The number of rotatable bonds is 5. The highest BCUT2D eigenvalue weighted by molar-refractivity contribution is 9.10. The maximum atomic E-state index is 13.0. The first kappa shape index (κ1) is 20.3. The fourth-order valence-corrected chi connectivity index (χ4v) is 4.47. The lowest BCUT2D eigenvalue weighted by molar-refractivity contribution is -0.132. The van der Waals surface area contributed by atoms with E-state index in [2.05, 4.69) is 20.9 Å². The number of hydrogen-bond acceptors (Lipinski definition) is 6. The molecule has 1 fully saturated rings. The van der Waals surface area contributed by atoms with Crippen molar-refractivity contribution in [1.82, 2.24) is 4.98 Å². The van der Waals surface area contributed by atoms with E-state index in [0.717, 1.165) is 4.47 Å². The molecule has 0 radical (unpaired) electrons. The third-order valence-electron chi connectivity index (χ3n) is 4.67. The van der Waals surface area contributed by atoms with E-state index in [1.807, 2.05) is 31.2 Å². The van der Waals surface area contributed by atoms with Gasteiger partial charge in [-0.3, -0.25) is 14.5 Å². The Hall–Kier alpha value is -2.97. The van der Waals surface area contributed by atoms with Crippen molar-refractivity contribution in [2.24, 2.45) is 0 Å². The van der Waals surface area contributed by atoms with E-state index in [1.54, 1.807) is 35.8 Å². The third kappa shape index (κ3) is 3.64. The average molecular weight is 485 g/mol. The molecular formula is C22H17BrN2O4S. The molecule has 4 rings (SSSR count). The van der Waals surface area contributed by atoms with Gasteiger partial charge in [-0.05, 0) is 48.9 Å². The SMILES string of the molecule is CCOc1ccc(C(O)=C2C(=O)C(=O)N(c3nccs3)C2c2cccc(Br)c2)cc1. The smallest absolute Gasteiger partial charge is 0.301 e. The van der Waals surface area contributed by atoms with E-state index in [4.69, 9.17) is 4.74 Å². The molecule has 8 heteroatoms. The Kier molecular flexibility index (Phi) is 5.69. The summed E-state index contributed by atoms with van der Waals surface area (Å²) < 4.78 is 6.23. The van der Waals surface area contributed by atoms with Crippen molar-refractivity contribution in [3.63, 3.8) is 0 Å². The Morgan fingerprint density at radius 2 is 2.00 bits per heavy atom. The number of benzene rings is 2. The number of anilines is 1. The predicted molar refractivity (Wildman–Crippen MR) is 119 cm³/mol. The molecule has 0 spiro atoms. The van der Waals surface area contributed by atoms with Crippen LogP contribution in [0.25, 0.3) is 5.76 Å². The molecule has 0 saturated carbocycles. The third-order valence-corrected chi connectivity index (χ3v) is 5.94. The lowest BCUT2D eigenvalue weighted by Crippen LogP contribution is -2.29. The van der Waals surface area contributed by atoms with Crippen molar-refractivity contribution in [2.45, 2.75) is 13.0 Å². The predicted octanol–water partition coefficient (Wildman–Crippen LogP) is 4.93. The van der Waals surface area contributed by atoms with Gasteiger partial charge in [-0.1, -0.05) is 28.1 Å². The van der Waals surface area contributed by atoms with Gasteiger partial charge in [0.05, 0.1) is 18.2 Å². The number of carbonyl (C=O) groups excluding carboxylic acids is 2. The number of aliphatic hydroxyl groups is 1. The van der Waals surface area contributed by atoms with Crippen molar-refractivity contribution in [2.75, 3.05) is 11.5 Å². The van der Waals surface area contributed by atoms with Crippen LogP contribution in [0.2, 0.25) is 0 Å². The van der Waals surface area contributed by atoms with Crippen molar-refractivity contribution >= 4 is 49.8 Å². The Morgan fingerprint density at radius 1 is 1.23 bits per heavy atom. The largest absolute Gasteiger partial charge is 0.507 e. The second-order valence-electron chi connectivity index (χ2n) is 6.50. The number of hydrogen-bond donors (Lipinski definition) is 1. The maximum absolute atomic E-state index is 13.0. The summed E-state index contributed by atoms with van der Waals surface area (Å²) in [6.07, 6.45) is 1.57. The monoisotopic (exact) mass is 484 g/mol. The quantitative estimate of drug-likeness (QED) is 0.315. The fourth-order valence-electron chi connectivity index (χ4n) is 3.39. The van der Waals surface area contributed by atoms with Crippen molar-refractivity contribution in [1.29, 1.82) is 0 Å². The number of amides is 1. The molecule has 6 nitrogen and oxygen atoms in total. The van der Waals surface area contributed by atoms with Gasteiger partial charge in [0.25, 0.3) is 5.78 Å². The molecule has 3 aromatic rings. The highest BCUT2D eigenvalue weighted by Gasteiger charge is 2.48. The highest BCUT2D eigenvalue weighted by Crippen LogP contribution is 2.43. The first-order chi connectivity index (χ1) is 14.5. The number of nitrogens with zero attached hydrogens (tertiary/aromatic N) is 2. The van der Waals surface area contributed by atoms with Crippen LogP contribution in [0, 0.1) is 0 Å². The van der Waals surface area contributed by atoms with Crippen LogP contribution >= 0.6 is 27.3 Å². The molecule has 0 bridgehead atoms. The van der Waals surface area contributed by atoms with E-state index >= 15 is 0 Å². The normalized spacial score (nSPS) is 18.1. The molecule has 0 aliphatic carbocycles. The van der Waals surface area contributed by atoms with Gasteiger partial charge in [0.1, 0.15) is 11.5 Å². The minimum absolute atomic E-state index is 0.0254. The van der Waals surface area contributed by atoms with Gasteiger partial charge in [-0.25, -0.2) is 4.98 Å². The molecule has 1 aliphatic rings. The summed E-state index contributed by atoms with van der Waals surface area (Å²) >= 11 is 4.69. The first-order valence-corrected chi connectivity index (χ1v) is 10.9. The maximum Gasteiger partial charge on any atom is 0.301 e. The summed E-state index contributed by atoms with van der Waals surface area (Å²) in [6, 6.07) is 13.3. The number of Topliss-reactive ketones (excluding diaryl/α,β-unsaturated/α-hetero) is 1. The molecule has 152 valence electrons. The second kappa shape index (κ2) is 8.41. The van der Waals surface area contributed by atoms with Crippen LogP contribution < -0.4 is 9.64 Å². The van der Waals surface area contributed by atoms with E-state index < -0.39 is 17.7 Å².